The zero-order valence-corrected chi connectivity index (χ0v) is 15.6. The Bertz CT molecular complexity index is 880. The van der Waals surface area contributed by atoms with Gasteiger partial charge in [-0.25, -0.2) is 4.68 Å². The molecule has 2 aromatic rings. The molecule has 1 amide bonds. The molecule has 0 spiro atoms. The van der Waals surface area contributed by atoms with Gasteiger partial charge in [0.05, 0.1) is 25.3 Å². The quantitative estimate of drug-likeness (QED) is 0.815. The highest BCUT2D eigenvalue weighted by atomic mass is 16.5. The molecule has 6 nitrogen and oxygen atoms in total. The van der Waals surface area contributed by atoms with Crippen LogP contribution >= 0.6 is 0 Å². The summed E-state index contributed by atoms with van der Waals surface area (Å²) in [7, 11) is 1.62. The Morgan fingerprint density at radius 3 is 2.56 bits per heavy atom. The first-order chi connectivity index (χ1) is 13.2. The molecular weight excluding hydrogens is 342 g/mol. The number of likely N-dealkylation sites (tertiary alicyclic amines) is 1. The summed E-state index contributed by atoms with van der Waals surface area (Å²) in [5, 5.41) is 4.60. The van der Waals surface area contributed by atoms with E-state index in [9.17, 15) is 9.59 Å². The molecule has 1 aliphatic heterocycles. The number of hydrogen-bond donors (Lipinski definition) is 0. The van der Waals surface area contributed by atoms with Gasteiger partial charge in [0.1, 0.15) is 5.75 Å². The van der Waals surface area contributed by atoms with Gasteiger partial charge >= 0.3 is 0 Å². The molecule has 1 aromatic carbocycles. The second-order valence-corrected chi connectivity index (χ2v) is 7.42. The lowest BCUT2D eigenvalue weighted by Gasteiger charge is -2.32. The predicted molar refractivity (Wildman–Crippen MR) is 102 cm³/mol. The summed E-state index contributed by atoms with van der Waals surface area (Å²) < 4.78 is 6.99. The number of rotatable bonds is 5. The van der Waals surface area contributed by atoms with Crippen molar-refractivity contribution in [1.29, 1.82) is 0 Å². The molecule has 2 fully saturated rings. The van der Waals surface area contributed by atoms with E-state index in [1.54, 1.807) is 17.9 Å². The summed E-state index contributed by atoms with van der Waals surface area (Å²) >= 11 is 0. The van der Waals surface area contributed by atoms with E-state index < -0.39 is 0 Å². The monoisotopic (exact) mass is 367 g/mol. The number of hydrogen-bond acceptors (Lipinski definition) is 4. The van der Waals surface area contributed by atoms with Crippen molar-refractivity contribution in [3.05, 3.63) is 58.0 Å². The first-order valence-corrected chi connectivity index (χ1v) is 9.65. The van der Waals surface area contributed by atoms with Gasteiger partial charge in [-0.15, -0.1) is 0 Å². The summed E-state index contributed by atoms with van der Waals surface area (Å²) in [6.07, 6.45) is 4.20. The molecule has 2 aliphatic rings. The Hall–Kier alpha value is -2.63. The number of nitrogens with zero attached hydrogens (tertiary/aromatic N) is 3. The van der Waals surface area contributed by atoms with Crippen molar-refractivity contribution in [2.45, 2.75) is 44.1 Å². The maximum Gasteiger partial charge on any atom is 0.267 e. The van der Waals surface area contributed by atoms with Gasteiger partial charge in [0.15, 0.2) is 0 Å². The Morgan fingerprint density at radius 2 is 1.85 bits per heavy atom. The van der Waals surface area contributed by atoms with Crippen LogP contribution in [0.25, 0.3) is 0 Å². The minimum Gasteiger partial charge on any atom is -0.496 e. The zero-order valence-electron chi connectivity index (χ0n) is 15.6. The lowest BCUT2D eigenvalue weighted by Crippen LogP contribution is -2.42. The second kappa shape index (κ2) is 7.55. The number of carbonyl (C=O) groups is 1. The standard InChI is InChI=1S/C21H25N3O3/c1-27-19-5-3-2-4-16(19)14-21(26)23-12-10-17(11-13-23)24-20(25)9-8-18(22-24)15-6-7-15/h2-5,8-9,15,17H,6-7,10-14H2,1H3. The molecule has 27 heavy (non-hydrogen) atoms. The average molecular weight is 367 g/mol. The molecule has 1 saturated heterocycles. The summed E-state index contributed by atoms with van der Waals surface area (Å²) in [5.41, 5.74) is 1.89. The highest BCUT2D eigenvalue weighted by Gasteiger charge is 2.28. The predicted octanol–water partition coefficient (Wildman–Crippen LogP) is 2.54. The highest BCUT2D eigenvalue weighted by Crippen LogP contribution is 2.38. The summed E-state index contributed by atoms with van der Waals surface area (Å²) in [5.74, 6) is 1.37. The van der Waals surface area contributed by atoms with Crippen LogP contribution in [-0.2, 0) is 11.2 Å². The van der Waals surface area contributed by atoms with Gasteiger partial charge in [-0.2, -0.15) is 5.10 Å². The van der Waals surface area contributed by atoms with Crippen LogP contribution in [0.1, 0.15) is 48.9 Å². The average Bonchev–Trinajstić information content (AvgIpc) is 3.54. The van der Waals surface area contributed by atoms with E-state index >= 15 is 0 Å². The molecule has 0 radical (unpaired) electrons. The number of aromatic nitrogens is 2. The third-order valence-electron chi connectivity index (χ3n) is 5.54. The summed E-state index contributed by atoms with van der Waals surface area (Å²) in [6.45, 7) is 1.31. The molecule has 1 aliphatic carbocycles. The number of ether oxygens (including phenoxy) is 1. The van der Waals surface area contributed by atoms with Gasteiger partial charge in [0.25, 0.3) is 5.56 Å². The van der Waals surface area contributed by atoms with E-state index in [1.807, 2.05) is 35.2 Å². The maximum atomic E-state index is 12.7. The van der Waals surface area contributed by atoms with Crippen LogP contribution in [0, 0.1) is 0 Å². The van der Waals surface area contributed by atoms with Gasteiger partial charge < -0.3 is 9.64 Å². The van der Waals surface area contributed by atoms with E-state index in [2.05, 4.69) is 5.10 Å². The van der Waals surface area contributed by atoms with Crippen molar-refractivity contribution in [1.82, 2.24) is 14.7 Å². The lowest BCUT2D eigenvalue weighted by atomic mass is 10.0. The van der Waals surface area contributed by atoms with Crippen LogP contribution in [-0.4, -0.2) is 40.8 Å². The van der Waals surface area contributed by atoms with Crippen molar-refractivity contribution >= 4 is 5.91 Å². The lowest BCUT2D eigenvalue weighted by molar-refractivity contribution is -0.131. The van der Waals surface area contributed by atoms with Crippen molar-refractivity contribution in [3.8, 4) is 5.75 Å². The maximum absolute atomic E-state index is 12.7. The Balaban J connectivity index is 1.39. The van der Waals surface area contributed by atoms with Crippen molar-refractivity contribution < 1.29 is 9.53 Å². The molecule has 142 valence electrons. The Morgan fingerprint density at radius 1 is 1.11 bits per heavy atom. The van der Waals surface area contributed by atoms with Crippen LogP contribution in [0.15, 0.2) is 41.2 Å². The minimum absolute atomic E-state index is 0.0433. The van der Waals surface area contributed by atoms with E-state index in [4.69, 9.17) is 4.74 Å². The van der Waals surface area contributed by atoms with Crippen LogP contribution in [0.3, 0.4) is 0 Å². The Kier molecular flexibility index (Phi) is 4.97. The Labute approximate surface area is 158 Å². The largest absolute Gasteiger partial charge is 0.496 e. The zero-order chi connectivity index (χ0) is 18.8. The number of para-hydroxylation sites is 1. The van der Waals surface area contributed by atoms with Crippen molar-refractivity contribution in [2.24, 2.45) is 0 Å². The van der Waals surface area contributed by atoms with E-state index in [0.717, 1.165) is 29.8 Å². The summed E-state index contributed by atoms with van der Waals surface area (Å²) in [4.78, 5) is 26.8. The first kappa shape index (κ1) is 17.8. The molecule has 1 saturated carbocycles. The number of methoxy groups -OCH3 is 1. The van der Waals surface area contributed by atoms with Crippen molar-refractivity contribution in [3.63, 3.8) is 0 Å². The number of amides is 1. The van der Waals surface area contributed by atoms with Gasteiger partial charge in [0.2, 0.25) is 5.91 Å². The third kappa shape index (κ3) is 3.89. The van der Waals surface area contributed by atoms with Crippen molar-refractivity contribution in [2.75, 3.05) is 20.2 Å². The van der Waals surface area contributed by atoms with Gasteiger partial charge in [-0.05, 0) is 37.8 Å². The third-order valence-corrected chi connectivity index (χ3v) is 5.54. The smallest absolute Gasteiger partial charge is 0.267 e. The molecule has 6 heteroatoms. The van der Waals surface area contributed by atoms with Crippen LogP contribution in [0.4, 0.5) is 0 Å². The molecule has 0 N–H and O–H groups in total. The number of piperidine rings is 1. The van der Waals surface area contributed by atoms with Gasteiger partial charge in [-0.3, -0.25) is 9.59 Å². The van der Waals surface area contributed by atoms with Crippen LogP contribution < -0.4 is 10.3 Å². The molecule has 0 atom stereocenters. The van der Waals surface area contributed by atoms with Crippen LogP contribution in [0.2, 0.25) is 0 Å². The topological polar surface area (TPSA) is 64.4 Å². The van der Waals surface area contributed by atoms with Crippen LogP contribution in [0.5, 0.6) is 5.75 Å². The molecule has 0 bridgehead atoms. The van der Waals surface area contributed by atoms with Gasteiger partial charge in [-0.1, -0.05) is 18.2 Å². The molecule has 0 unspecified atom stereocenters. The SMILES string of the molecule is COc1ccccc1CC(=O)N1CCC(n2nc(C3CC3)ccc2=O)CC1. The van der Waals surface area contributed by atoms with Gasteiger partial charge in [0, 0.05) is 30.6 Å². The van der Waals surface area contributed by atoms with E-state index in [-0.39, 0.29) is 17.5 Å². The fourth-order valence-corrected chi connectivity index (χ4v) is 3.78. The first-order valence-electron chi connectivity index (χ1n) is 9.65. The molecule has 4 rings (SSSR count). The molecule has 2 heterocycles. The number of benzene rings is 1. The minimum atomic E-state index is -0.0433. The fraction of sp³-hybridized carbons (Fsp3) is 0.476. The molecule has 1 aromatic heterocycles. The normalized spacial score (nSPS) is 17.7. The fourth-order valence-electron chi connectivity index (χ4n) is 3.78. The van der Waals surface area contributed by atoms with E-state index in [1.165, 1.54) is 12.8 Å². The summed E-state index contributed by atoms with van der Waals surface area (Å²) in [6, 6.07) is 11.2. The van der Waals surface area contributed by atoms with E-state index in [0.29, 0.717) is 25.4 Å². The second-order valence-electron chi connectivity index (χ2n) is 7.42. The highest BCUT2D eigenvalue weighted by molar-refractivity contribution is 5.79. The number of carbonyl (C=O) groups excluding carboxylic acids is 1. The molecular formula is C21H25N3O3.